The van der Waals surface area contributed by atoms with Crippen molar-refractivity contribution in [1.82, 2.24) is 4.98 Å². The summed E-state index contributed by atoms with van der Waals surface area (Å²) >= 11 is 1.55. The molecule has 0 atom stereocenters. The third-order valence-corrected chi connectivity index (χ3v) is 4.49. The molecule has 0 bridgehead atoms. The van der Waals surface area contributed by atoms with Crippen molar-refractivity contribution < 1.29 is 9.53 Å². The van der Waals surface area contributed by atoms with Gasteiger partial charge < -0.3 is 10.1 Å². The number of benzene rings is 1. The lowest BCUT2D eigenvalue weighted by atomic mass is 10.0. The van der Waals surface area contributed by atoms with Crippen LogP contribution in [-0.4, -0.2) is 17.5 Å². The van der Waals surface area contributed by atoms with E-state index in [4.69, 9.17) is 4.74 Å². The van der Waals surface area contributed by atoms with Gasteiger partial charge in [-0.15, -0.1) is 0 Å². The van der Waals surface area contributed by atoms with Crippen molar-refractivity contribution in [3.63, 3.8) is 0 Å². The standard InChI is InChI=1S/C18H14N2O2S/c21-18(20-16-4-6-23-11-16)15-8-14(9-19-10-15)12-1-2-17-13(7-12)3-5-22-17/h1-2,4,6-11H,3,5H2,(H,20,21). The summed E-state index contributed by atoms with van der Waals surface area (Å²) in [5.41, 5.74) is 4.53. The van der Waals surface area contributed by atoms with E-state index >= 15 is 0 Å². The lowest BCUT2D eigenvalue weighted by Crippen LogP contribution is -2.11. The first-order valence-electron chi connectivity index (χ1n) is 7.34. The summed E-state index contributed by atoms with van der Waals surface area (Å²) in [7, 11) is 0. The minimum Gasteiger partial charge on any atom is -0.493 e. The van der Waals surface area contributed by atoms with Crippen molar-refractivity contribution in [3.8, 4) is 16.9 Å². The number of thiophene rings is 1. The first-order chi connectivity index (χ1) is 11.3. The zero-order chi connectivity index (χ0) is 15.6. The van der Waals surface area contributed by atoms with E-state index in [1.54, 1.807) is 23.7 Å². The Bertz CT molecular complexity index is 859. The number of carbonyl (C=O) groups is 1. The Balaban J connectivity index is 1.62. The number of fused-ring (bicyclic) bond motifs is 1. The predicted octanol–water partition coefficient (Wildman–Crippen LogP) is 4.00. The van der Waals surface area contributed by atoms with Crippen molar-refractivity contribution in [1.29, 1.82) is 0 Å². The Morgan fingerprint density at radius 2 is 2.13 bits per heavy atom. The molecule has 1 amide bonds. The topological polar surface area (TPSA) is 51.2 Å². The van der Waals surface area contributed by atoms with Gasteiger partial charge in [0.2, 0.25) is 0 Å². The van der Waals surface area contributed by atoms with Crippen LogP contribution in [0.1, 0.15) is 15.9 Å². The highest BCUT2D eigenvalue weighted by Crippen LogP contribution is 2.30. The Morgan fingerprint density at radius 3 is 3.00 bits per heavy atom. The van der Waals surface area contributed by atoms with Crippen LogP contribution >= 0.6 is 11.3 Å². The first kappa shape index (κ1) is 14.0. The van der Waals surface area contributed by atoms with E-state index in [1.807, 2.05) is 35.0 Å². The van der Waals surface area contributed by atoms with Gasteiger partial charge in [-0.1, -0.05) is 6.07 Å². The number of hydrogen-bond acceptors (Lipinski definition) is 4. The maximum atomic E-state index is 12.3. The van der Waals surface area contributed by atoms with Crippen LogP contribution in [0.4, 0.5) is 5.69 Å². The third kappa shape index (κ3) is 2.83. The second-order valence-electron chi connectivity index (χ2n) is 5.35. The van der Waals surface area contributed by atoms with E-state index < -0.39 is 0 Å². The average molecular weight is 322 g/mol. The fourth-order valence-corrected chi connectivity index (χ4v) is 3.21. The molecule has 0 saturated carbocycles. The summed E-state index contributed by atoms with van der Waals surface area (Å²) in [6.45, 7) is 0.736. The SMILES string of the molecule is O=C(Nc1ccsc1)c1cncc(-c2ccc3c(c2)CCO3)c1. The predicted molar refractivity (Wildman–Crippen MR) is 91.1 cm³/mol. The zero-order valence-electron chi connectivity index (χ0n) is 12.3. The van der Waals surface area contributed by atoms with Gasteiger partial charge in [0.25, 0.3) is 5.91 Å². The molecule has 4 nitrogen and oxygen atoms in total. The Hall–Kier alpha value is -2.66. The molecule has 0 spiro atoms. The van der Waals surface area contributed by atoms with E-state index in [9.17, 15) is 4.79 Å². The van der Waals surface area contributed by atoms with Gasteiger partial charge in [0, 0.05) is 29.8 Å². The molecule has 1 aliphatic rings. The van der Waals surface area contributed by atoms with Crippen LogP contribution in [0.15, 0.2) is 53.5 Å². The quantitative estimate of drug-likeness (QED) is 0.793. The van der Waals surface area contributed by atoms with E-state index in [0.29, 0.717) is 5.56 Å². The van der Waals surface area contributed by atoms with Gasteiger partial charge in [-0.3, -0.25) is 9.78 Å². The molecule has 114 valence electrons. The molecule has 3 aromatic rings. The maximum absolute atomic E-state index is 12.3. The van der Waals surface area contributed by atoms with E-state index in [1.165, 1.54) is 5.56 Å². The molecule has 3 heterocycles. The summed E-state index contributed by atoms with van der Waals surface area (Å²) in [5.74, 6) is 0.801. The molecule has 23 heavy (non-hydrogen) atoms. The molecular formula is C18H14N2O2S. The number of anilines is 1. The van der Waals surface area contributed by atoms with Crippen LogP contribution in [0.5, 0.6) is 5.75 Å². The van der Waals surface area contributed by atoms with Crippen molar-refractivity contribution in [2.24, 2.45) is 0 Å². The van der Waals surface area contributed by atoms with E-state index in [2.05, 4.69) is 16.4 Å². The molecule has 0 aliphatic carbocycles. The second-order valence-corrected chi connectivity index (χ2v) is 6.13. The molecule has 4 rings (SSSR count). The summed E-state index contributed by atoms with van der Waals surface area (Å²) in [4.78, 5) is 16.5. The Labute approximate surface area is 137 Å². The number of amides is 1. The minimum atomic E-state index is -0.151. The number of ether oxygens (including phenoxy) is 1. The van der Waals surface area contributed by atoms with Gasteiger partial charge >= 0.3 is 0 Å². The highest BCUT2D eigenvalue weighted by molar-refractivity contribution is 7.08. The molecule has 2 aromatic heterocycles. The fraction of sp³-hybridized carbons (Fsp3) is 0.111. The van der Waals surface area contributed by atoms with Crippen LogP contribution in [0, 0.1) is 0 Å². The molecule has 1 aliphatic heterocycles. The number of hydrogen-bond donors (Lipinski definition) is 1. The van der Waals surface area contributed by atoms with Gasteiger partial charge in [-0.05, 0) is 40.8 Å². The zero-order valence-corrected chi connectivity index (χ0v) is 13.1. The number of aromatic nitrogens is 1. The highest BCUT2D eigenvalue weighted by Gasteiger charge is 2.14. The van der Waals surface area contributed by atoms with Crippen LogP contribution in [0.3, 0.4) is 0 Å². The molecule has 1 N–H and O–H groups in total. The van der Waals surface area contributed by atoms with Crippen molar-refractivity contribution in [2.45, 2.75) is 6.42 Å². The van der Waals surface area contributed by atoms with Crippen molar-refractivity contribution in [3.05, 3.63) is 64.6 Å². The first-order valence-corrected chi connectivity index (χ1v) is 8.28. The molecule has 0 radical (unpaired) electrons. The van der Waals surface area contributed by atoms with Crippen molar-refractivity contribution in [2.75, 3.05) is 11.9 Å². The number of rotatable bonds is 3. The largest absolute Gasteiger partial charge is 0.493 e. The molecule has 0 saturated heterocycles. The third-order valence-electron chi connectivity index (χ3n) is 3.80. The van der Waals surface area contributed by atoms with Gasteiger partial charge in [-0.2, -0.15) is 11.3 Å². The summed E-state index contributed by atoms with van der Waals surface area (Å²) in [5, 5.41) is 6.70. The smallest absolute Gasteiger partial charge is 0.257 e. The Kier molecular flexibility index (Phi) is 3.55. The lowest BCUT2D eigenvalue weighted by molar-refractivity contribution is 0.102. The number of nitrogens with one attached hydrogen (secondary N) is 1. The second kappa shape index (κ2) is 5.85. The van der Waals surface area contributed by atoms with E-state index in [-0.39, 0.29) is 5.91 Å². The van der Waals surface area contributed by atoms with Crippen LogP contribution < -0.4 is 10.1 Å². The fourth-order valence-electron chi connectivity index (χ4n) is 2.63. The Morgan fingerprint density at radius 1 is 1.17 bits per heavy atom. The molecule has 5 heteroatoms. The lowest BCUT2D eigenvalue weighted by Gasteiger charge is -2.07. The highest BCUT2D eigenvalue weighted by atomic mass is 32.1. The minimum absolute atomic E-state index is 0.151. The van der Waals surface area contributed by atoms with Gasteiger partial charge in [0.05, 0.1) is 17.9 Å². The van der Waals surface area contributed by atoms with Gasteiger partial charge in [0.15, 0.2) is 0 Å². The maximum Gasteiger partial charge on any atom is 0.257 e. The normalized spacial score (nSPS) is 12.5. The van der Waals surface area contributed by atoms with Crippen LogP contribution in [-0.2, 0) is 6.42 Å². The van der Waals surface area contributed by atoms with Crippen LogP contribution in [0.25, 0.3) is 11.1 Å². The number of nitrogens with zero attached hydrogens (tertiary/aromatic N) is 1. The molecule has 0 unspecified atom stereocenters. The van der Waals surface area contributed by atoms with Gasteiger partial charge in [0.1, 0.15) is 5.75 Å². The number of carbonyl (C=O) groups excluding carboxylic acids is 1. The average Bonchev–Trinajstić information content (AvgIpc) is 3.25. The van der Waals surface area contributed by atoms with Crippen LogP contribution in [0.2, 0.25) is 0 Å². The van der Waals surface area contributed by atoms with Crippen molar-refractivity contribution >= 4 is 22.9 Å². The molecule has 0 fully saturated rings. The summed E-state index contributed by atoms with van der Waals surface area (Å²) in [6, 6.07) is 9.84. The van der Waals surface area contributed by atoms with Gasteiger partial charge in [-0.25, -0.2) is 0 Å². The number of pyridine rings is 1. The van der Waals surface area contributed by atoms with E-state index in [0.717, 1.165) is 35.6 Å². The molecule has 1 aromatic carbocycles. The summed E-state index contributed by atoms with van der Waals surface area (Å²) in [6.07, 6.45) is 4.29. The summed E-state index contributed by atoms with van der Waals surface area (Å²) < 4.78 is 5.53. The molecular weight excluding hydrogens is 308 g/mol. The monoisotopic (exact) mass is 322 g/mol.